The molecule has 3 aromatic rings. The topological polar surface area (TPSA) is 0 Å². The van der Waals surface area contributed by atoms with Gasteiger partial charge in [0.15, 0.2) is 0 Å². The lowest BCUT2D eigenvalue weighted by Gasteiger charge is -2.31. The van der Waals surface area contributed by atoms with Crippen LogP contribution in [0.2, 0.25) is 0 Å². The van der Waals surface area contributed by atoms with E-state index in [0.717, 1.165) is 12.8 Å². The predicted octanol–water partition coefficient (Wildman–Crippen LogP) is 6.77. The van der Waals surface area contributed by atoms with Gasteiger partial charge in [-0.3, -0.25) is 0 Å². The number of hydrogen-bond donors (Lipinski definition) is 0. The summed E-state index contributed by atoms with van der Waals surface area (Å²) in [5.41, 5.74) is 4.48. The van der Waals surface area contributed by atoms with Gasteiger partial charge in [0.2, 0.25) is 0 Å². The Morgan fingerprint density at radius 3 is 1.80 bits per heavy atom. The Morgan fingerprint density at radius 2 is 1.20 bits per heavy atom. The zero-order valence-electron chi connectivity index (χ0n) is 15.4. The Hall–Kier alpha value is -2.34. The average Bonchev–Trinajstić information content (AvgIpc) is 2.67. The summed E-state index contributed by atoms with van der Waals surface area (Å²) in [6.07, 6.45) is 3.48. The standard InChI is InChI=1S/C25H28/c1-25(2,24-16-10-5-11-17-24)20-23(22-14-8-4-9-15-22)19-18-21-12-6-3-7-13-21/h3-17,23H,18-20H2,1-2H3. The van der Waals surface area contributed by atoms with Crippen molar-refractivity contribution >= 4 is 0 Å². The normalized spacial score (nSPS) is 12.7. The van der Waals surface area contributed by atoms with Crippen LogP contribution in [-0.2, 0) is 11.8 Å². The second-order valence-electron chi connectivity index (χ2n) is 7.59. The van der Waals surface area contributed by atoms with Crippen LogP contribution in [0.1, 0.15) is 49.3 Å². The highest BCUT2D eigenvalue weighted by Gasteiger charge is 2.26. The Morgan fingerprint density at radius 1 is 0.680 bits per heavy atom. The third-order valence-corrected chi connectivity index (χ3v) is 5.21. The quantitative estimate of drug-likeness (QED) is 0.449. The monoisotopic (exact) mass is 328 g/mol. The summed E-state index contributed by atoms with van der Waals surface area (Å²) in [7, 11) is 0. The lowest BCUT2D eigenvalue weighted by atomic mass is 9.74. The molecule has 0 aromatic heterocycles. The molecular formula is C25H28. The molecule has 1 unspecified atom stereocenters. The first-order valence-electron chi connectivity index (χ1n) is 9.29. The summed E-state index contributed by atoms with van der Waals surface area (Å²) in [4.78, 5) is 0. The van der Waals surface area contributed by atoms with Crippen LogP contribution in [-0.4, -0.2) is 0 Å². The predicted molar refractivity (Wildman–Crippen MR) is 108 cm³/mol. The van der Waals surface area contributed by atoms with Crippen molar-refractivity contribution < 1.29 is 0 Å². The maximum absolute atomic E-state index is 2.38. The van der Waals surface area contributed by atoms with Gasteiger partial charge in [0.1, 0.15) is 0 Å². The van der Waals surface area contributed by atoms with Crippen LogP contribution < -0.4 is 0 Å². The lowest BCUT2D eigenvalue weighted by molar-refractivity contribution is 0.409. The van der Waals surface area contributed by atoms with Crippen molar-refractivity contribution in [3.8, 4) is 0 Å². The summed E-state index contributed by atoms with van der Waals surface area (Å²) in [6, 6.07) is 32.8. The van der Waals surface area contributed by atoms with Crippen molar-refractivity contribution in [1.82, 2.24) is 0 Å². The van der Waals surface area contributed by atoms with Crippen LogP contribution in [0.5, 0.6) is 0 Å². The van der Waals surface area contributed by atoms with Gasteiger partial charge in [0, 0.05) is 0 Å². The number of hydrogen-bond acceptors (Lipinski definition) is 0. The van der Waals surface area contributed by atoms with E-state index in [9.17, 15) is 0 Å². The van der Waals surface area contributed by atoms with E-state index in [1.807, 2.05) is 0 Å². The molecule has 0 nitrogen and oxygen atoms in total. The van der Waals surface area contributed by atoms with Gasteiger partial charge in [-0.15, -0.1) is 0 Å². The SMILES string of the molecule is CC(C)(CC(CCc1ccccc1)c1ccccc1)c1ccccc1. The molecule has 0 radical (unpaired) electrons. The molecule has 0 aliphatic rings. The van der Waals surface area contributed by atoms with Gasteiger partial charge in [0.25, 0.3) is 0 Å². The van der Waals surface area contributed by atoms with Crippen LogP contribution >= 0.6 is 0 Å². The van der Waals surface area contributed by atoms with E-state index in [2.05, 4.69) is 105 Å². The minimum Gasteiger partial charge on any atom is -0.0622 e. The van der Waals surface area contributed by atoms with Crippen LogP contribution in [0.3, 0.4) is 0 Å². The van der Waals surface area contributed by atoms with Gasteiger partial charge in [-0.2, -0.15) is 0 Å². The fraction of sp³-hybridized carbons (Fsp3) is 0.280. The summed E-state index contributed by atoms with van der Waals surface area (Å²) in [6.45, 7) is 4.75. The van der Waals surface area contributed by atoms with E-state index < -0.39 is 0 Å². The van der Waals surface area contributed by atoms with E-state index in [1.54, 1.807) is 0 Å². The lowest BCUT2D eigenvalue weighted by Crippen LogP contribution is -2.21. The smallest absolute Gasteiger partial charge is 0.00977 e. The summed E-state index contributed by atoms with van der Waals surface area (Å²) >= 11 is 0. The molecule has 0 saturated heterocycles. The molecular weight excluding hydrogens is 300 g/mol. The third-order valence-electron chi connectivity index (χ3n) is 5.21. The van der Waals surface area contributed by atoms with Crippen molar-refractivity contribution in [2.24, 2.45) is 0 Å². The summed E-state index contributed by atoms with van der Waals surface area (Å²) in [5.74, 6) is 0.566. The molecule has 0 aliphatic carbocycles. The first-order valence-corrected chi connectivity index (χ1v) is 9.29. The summed E-state index contributed by atoms with van der Waals surface area (Å²) in [5, 5.41) is 0. The number of benzene rings is 3. The fourth-order valence-corrected chi connectivity index (χ4v) is 3.72. The zero-order chi connectivity index (χ0) is 17.5. The van der Waals surface area contributed by atoms with Gasteiger partial charge in [-0.1, -0.05) is 105 Å². The summed E-state index contributed by atoms with van der Waals surface area (Å²) < 4.78 is 0. The second kappa shape index (κ2) is 8.16. The molecule has 0 amide bonds. The minimum absolute atomic E-state index is 0.165. The first-order chi connectivity index (χ1) is 12.1. The van der Waals surface area contributed by atoms with Gasteiger partial charge in [0.05, 0.1) is 0 Å². The van der Waals surface area contributed by atoms with Gasteiger partial charge < -0.3 is 0 Å². The molecule has 3 aromatic carbocycles. The fourth-order valence-electron chi connectivity index (χ4n) is 3.72. The van der Waals surface area contributed by atoms with Crippen LogP contribution in [0.15, 0.2) is 91.0 Å². The van der Waals surface area contributed by atoms with Crippen molar-refractivity contribution in [1.29, 1.82) is 0 Å². The molecule has 0 heteroatoms. The van der Waals surface area contributed by atoms with Crippen molar-refractivity contribution in [2.75, 3.05) is 0 Å². The molecule has 1 atom stereocenters. The molecule has 128 valence electrons. The van der Waals surface area contributed by atoms with Crippen molar-refractivity contribution in [3.63, 3.8) is 0 Å². The Balaban J connectivity index is 1.79. The average molecular weight is 328 g/mol. The Labute approximate surface area is 152 Å². The van der Waals surface area contributed by atoms with E-state index >= 15 is 0 Å². The number of aryl methyl sites for hydroxylation is 1. The van der Waals surface area contributed by atoms with Gasteiger partial charge in [-0.25, -0.2) is 0 Å². The molecule has 0 spiro atoms. The minimum atomic E-state index is 0.165. The van der Waals surface area contributed by atoms with Gasteiger partial charge in [-0.05, 0) is 47.3 Å². The van der Waals surface area contributed by atoms with E-state index in [4.69, 9.17) is 0 Å². The molecule has 3 rings (SSSR count). The molecule has 0 N–H and O–H groups in total. The van der Waals surface area contributed by atoms with E-state index in [-0.39, 0.29) is 5.41 Å². The van der Waals surface area contributed by atoms with Crippen LogP contribution in [0, 0.1) is 0 Å². The largest absolute Gasteiger partial charge is 0.0622 e. The highest BCUT2D eigenvalue weighted by atomic mass is 14.3. The molecule has 0 saturated carbocycles. The maximum Gasteiger partial charge on any atom is -0.00977 e. The van der Waals surface area contributed by atoms with Crippen LogP contribution in [0.25, 0.3) is 0 Å². The second-order valence-corrected chi connectivity index (χ2v) is 7.59. The van der Waals surface area contributed by atoms with E-state index in [1.165, 1.54) is 23.1 Å². The Kier molecular flexibility index (Phi) is 5.71. The van der Waals surface area contributed by atoms with Crippen LogP contribution in [0.4, 0.5) is 0 Å². The van der Waals surface area contributed by atoms with Gasteiger partial charge >= 0.3 is 0 Å². The first kappa shape index (κ1) is 17.5. The molecule has 0 heterocycles. The Bertz CT molecular complexity index is 742. The van der Waals surface area contributed by atoms with Crippen molar-refractivity contribution in [2.45, 2.75) is 44.4 Å². The molecule has 25 heavy (non-hydrogen) atoms. The van der Waals surface area contributed by atoms with E-state index in [0.29, 0.717) is 5.92 Å². The maximum atomic E-state index is 2.38. The third kappa shape index (κ3) is 4.82. The molecule has 0 fully saturated rings. The highest BCUT2D eigenvalue weighted by Crippen LogP contribution is 2.37. The molecule has 0 aliphatic heterocycles. The van der Waals surface area contributed by atoms with Crippen molar-refractivity contribution in [3.05, 3.63) is 108 Å². The molecule has 0 bridgehead atoms. The number of rotatable bonds is 7. The highest BCUT2D eigenvalue weighted by molar-refractivity contribution is 5.27. The zero-order valence-corrected chi connectivity index (χ0v) is 15.4.